The molecule has 9 heteroatoms. The quantitative estimate of drug-likeness (QED) is 0.179. The van der Waals surface area contributed by atoms with Gasteiger partial charge < -0.3 is 15.1 Å². The molecule has 0 aliphatic heterocycles. The van der Waals surface area contributed by atoms with Gasteiger partial charge in [-0.3, -0.25) is 4.99 Å². The van der Waals surface area contributed by atoms with E-state index < -0.39 is 0 Å². The summed E-state index contributed by atoms with van der Waals surface area (Å²) < 4.78 is 5.58. The fourth-order valence-electron chi connectivity index (χ4n) is 2.93. The largest absolute Gasteiger partial charge is 0.444 e. The Balaban J connectivity index is 0.00000272. The third-order valence-electron chi connectivity index (χ3n) is 4.43. The Morgan fingerprint density at radius 3 is 2.68 bits per heavy atom. The number of guanidine groups is 1. The monoisotopic (exact) mass is 565 g/mol. The molecule has 0 saturated carbocycles. The first-order valence-corrected chi connectivity index (χ1v) is 11.4. The van der Waals surface area contributed by atoms with Gasteiger partial charge in [0.25, 0.3) is 0 Å². The number of hydrogen-bond donors (Lipinski definition) is 2. The first-order chi connectivity index (χ1) is 14.7. The predicted octanol–water partition coefficient (Wildman–Crippen LogP) is 5.36. The summed E-state index contributed by atoms with van der Waals surface area (Å²) in [5.74, 6) is 1.37. The maximum Gasteiger partial charge on any atom is 0.226 e. The number of benzene rings is 1. The Bertz CT molecular complexity index is 1120. The standard InChI is InChI=1S/C22H23N5OS2.HI/c1-15-26-19(14-29-15)20-9-8-18(30-20)10-11-24-22(23-2)25-12-17-13-28-21(27-17)16-6-4-3-5-7-16;/h3-9,13-14H,10-12H2,1-2H3,(H2,23,24,25);1H. The molecule has 0 amide bonds. The van der Waals surface area contributed by atoms with Gasteiger partial charge in [-0.25, -0.2) is 9.97 Å². The molecule has 0 saturated heterocycles. The number of nitrogens with one attached hydrogen (secondary N) is 2. The van der Waals surface area contributed by atoms with Crippen molar-refractivity contribution in [2.45, 2.75) is 19.9 Å². The Morgan fingerprint density at radius 1 is 1.10 bits per heavy atom. The minimum atomic E-state index is 0. The summed E-state index contributed by atoms with van der Waals surface area (Å²) in [6, 6.07) is 14.2. The zero-order valence-corrected chi connectivity index (χ0v) is 21.3. The van der Waals surface area contributed by atoms with Crippen molar-refractivity contribution in [2.24, 2.45) is 4.99 Å². The number of aromatic nitrogens is 2. The zero-order chi connectivity index (χ0) is 20.8. The molecule has 0 aliphatic rings. The smallest absolute Gasteiger partial charge is 0.226 e. The molecule has 4 aromatic rings. The van der Waals surface area contributed by atoms with Crippen LogP contribution in [0.1, 0.15) is 15.6 Å². The van der Waals surface area contributed by atoms with Crippen molar-refractivity contribution in [3.05, 3.63) is 69.7 Å². The minimum Gasteiger partial charge on any atom is -0.444 e. The molecule has 0 fully saturated rings. The van der Waals surface area contributed by atoms with Crippen LogP contribution in [0.2, 0.25) is 0 Å². The second kappa shape index (κ2) is 11.4. The van der Waals surface area contributed by atoms with E-state index in [-0.39, 0.29) is 24.0 Å². The van der Waals surface area contributed by atoms with Gasteiger partial charge in [0.2, 0.25) is 5.89 Å². The number of nitrogens with zero attached hydrogens (tertiary/aromatic N) is 3. The van der Waals surface area contributed by atoms with Gasteiger partial charge in [-0.05, 0) is 37.6 Å². The summed E-state index contributed by atoms with van der Waals surface area (Å²) >= 11 is 3.48. The molecule has 3 aromatic heterocycles. The van der Waals surface area contributed by atoms with Crippen LogP contribution < -0.4 is 10.6 Å². The van der Waals surface area contributed by atoms with Gasteiger partial charge in [0.05, 0.1) is 27.8 Å². The van der Waals surface area contributed by atoms with Gasteiger partial charge >= 0.3 is 0 Å². The number of aryl methyl sites for hydroxylation is 1. The second-order valence-electron chi connectivity index (χ2n) is 6.63. The first kappa shape index (κ1) is 23.4. The maximum absolute atomic E-state index is 5.58. The van der Waals surface area contributed by atoms with E-state index in [1.165, 1.54) is 9.75 Å². The van der Waals surface area contributed by atoms with Gasteiger partial charge in [-0.2, -0.15) is 0 Å². The minimum absolute atomic E-state index is 0. The topological polar surface area (TPSA) is 75.3 Å². The van der Waals surface area contributed by atoms with Crippen molar-refractivity contribution in [3.63, 3.8) is 0 Å². The second-order valence-corrected chi connectivity index (χ2v) is 8.86. The van der Waals surface area contributed by atoms with Crippen molar-refractivity contribution in [1.29, 1.82) is 0 Å². The summed E-state index contributed by atoms with van der Waals surface area (Å²) in [5, 5.41) is 9.85. The third kappa shape index (κ3) is 6.37. The Hall–Kier alpha value is -2.24. The van der Waals surface area contributed by atoms with Gasteiger partial charge in [0, 0.05) is 29.4 Å². The molecule has 0 unspecified atom stereocenters. The summed E-state index contributed by atoms with van der Waals surface area (Å²) in [7, 11) is 1.77. The van der Waals surface area contributed by atoms with E-state index in [9.17, 15) is 0 Å². The molecule has 4 rings (SSSR count). The molecule has 162 valence electrons. The number of thiophene rings is 1. The number of hydrogen-bond acceptors (Lipinski definition) is 6. The zero-order valence-electron chi connectivity index (χ0n) is 17.3. The predicted molar refractivity (Wildman–Crippen MR) is 139 cm³/mol. The Kier molecular flexibility index (Phi) is 8.61. The van der Waals surface area contributed by atoms with Crippen LogP contribution in [0.5, 0.6) is 0 Å². The number of halogens is 1. The highest BCUT2D eigenvalue weighted by Gasteiger charge is 2.08. The van der Waals surface area contributed by atoms with E-state index in [1.54, 1.807) is 36.0 Å². The molecule has 0 spiro atoms. The molecular weight excluding hydrogens is 541 g/mol. The van der Waals surface area contributed by atoms with E-state index in [4.69, 9.17) is 4.42 Å². The fraction of sp³-hybridized carbons (Fsp3) is 0.227. The van der Waals surface area contributed by atoms with Crippen molar-refractivity contribution in [1.82, 2.24) is 20.6 Å². The van der Waals surface area contributed by atoms with E-state index in [0.29, 0.717) is 12.4 Å². The van der Waals surface area contributed by atoms with E-state index in [1.807, 2.05) is 37.3 Å². The lowest BCUT2D eigenvalue weighted by atomic mass is 10.2. The lowest BCUT2D eigenvalue weighted by Crippen LogP contribution is -2.37. The Labute approximate surface area is 206 Å². The molecule has 0 bridgehead atoms. The normalized spacial score (nSPS) is 11.2. The molecular formula is C22H24IN5OS2. The van der Waals surface area contributed by atoms with Crippen LogP contribution in [0, 0.1) is 6.92 Å². The third-order valence-corrected chi connectivity index (χ3v) is 6.37. The van der Waals surface area contributed by atoms with Crippen LogP contribution in [-0.2, 0) is 13.0 Å². The van der Waals surface area contributed by atoms with Crippen molar-refractivity contribution in [2.75, 3.05) is 13.6 Å². The molecule has 1 aromatic carbocycles. The van der Waals surface area contributed by atoms with E-state index >= 15 is 0 Å². The molecule has 6 nitrogen and oxygen atoms in total. The average molecular weight is 566 g/mol. The molecule has 31 heavy (non-hydrogen) atoms. The van der Waals surface area contributed by atoms with E-state index in [0.717, 1.165) is 40.9 Å². The highest BCUT2D eigenvalue weighted by molar-refractivity contribution is 14.0. The maximum atomic E-state index is 5.58. The molecule has 3 heterocycles. The van der Waals surface area contributed by atoms with Gasteiger partial charge in [-0.15, -0.1) is 46.7 Å². The van der Waals surface area contributed by atoms with Crippen LogP contribution in [0.15, 0.2) is 63.5 Å². The highest BCUT2D eigenvalue weighted by Crippen LogP contribution is 2.29. The molecule has 0 atom stereocenters. The highest BCUT2D eigenvalue weighted by atomic mass is 127. The molecule has 2 N–H and O–H groups in total. The van der Waals surface area contributed by atoms with Crippen molar-refractivity contribution < 1.29 is 4.42 Å². The number of rotatable bonds is 7. The van der Waals surface area contributed by atoms with Crippen LogP contribution in [-0.4, -0.2) is 29.5 Å². The van der Waals surface area contributed by atoms with Crippen molar-refractivity contribution in [3.8, 4) is 22.0 Å². The first-order valence-electron chi connectivity index (χ1n) is 9.67. The summed E-state index contributed by atoms with van der Waals surface area (Å²) in [4.78, 5) is 15.9. The summed E-state index contributed by atoms with van der Waals surface area (Å²) in [6.07, 6.45) is 2.60. The van der Waals surface area contributed by atoms with Crippen LogP contribution in [0.3, 0.4) is 0 Å². The number of thiazole rings is 1. The number of aliphatic imine (C=N–C) groups is 1. The van der Waals surface area contributed by atoms with E-state index in [2.05, 4.69) is 43.1 Å². The summed E-state index contributed by atoms with van der Waals surface area (Å²) in [6.45, 7) is 3.37. The SMILES string of the molecule is CN=C(NCCc1ccc(-c2csc(C)n2)s1)NCc1coc(-c2ccccc2)n1.I. The average Bonchev–Trinajstić information content (AvgIpc) is 3.52. The lowest BCUT2D eigenvalue weighted by molar-refractivity contribution is 0.572. The summed E-state index contributed by atoms with van der Waals surface area (Å²) in [5.41, 5.74) is 2.87. The van der Waals surface area contributed by atoms with Crippen molar-refractivity contribution >= 4 is 52.6 Å². The molecule has 0 aliphatic carbocycles. The number of oxazole rings is 1. The van der Waals surface area contributed by atoms with Crippen LogP contribution >= 0.6 is 46.7 Å². The Morgan fingerprint density at radius 2 is 1.94 bits per heavy atom. The van der Waals surface area contributed by atoms with Crippen LogP contribution in [0.25, 0.3) is 22.0 Å². The molecule has 0 radical (unpaired) electrons. The van der Waals surface area contributed by atoms with Gasteiger partial charge in [-0.1, -0.05) is 18.2 Å². The van der Waals surface area contributed by atoms with Crippen LogP contribution in [0.4, 0.5) is 0 Å². The van der Waals surface area contributed by atoms with Gasteiger partial charge in [0.1, 0.15) is 6.26 Å². The van der Waals surface area contributed by atoms with Gasteiger partial charge in [0.15, 0.2) is 5.96 Å². The lowest BCUT2D eigenvalue weighted by Gasteiger charge is -2.10. The fourth-order valence-corrected chi connectivity index (χ4v) is 4.58.